The van der Waals surface area contributed by atoms with Gasteiger partial charge < -0.3 is 16.6 Å². The zero-order valence-electron chi connectivity index (χ0n) is 7.38. The second-order valence-electron chi connectivity index (χ2n) is 2.81. The molecule has 14 heavy (non-hydrogen) atoms. The van der Waals surface area contributed by atoms with Crippen LogP contribution in [0.5, 0.6) is 5.75 Å². The molecule has 1 aromatic rings. The summed E-state index contributed by atoms with van der Waals surface area (Å²) in [5, 5.41) is 19.9. The maximum Gasteiger partial charge on any atom is 0.315 e. The fraction of sp³-hybridized carbons (Fsp3) is 0.250. The Bertz CT molecular complexity index is 354. The first-order chi connectivity index (χ1) is 6.57. The molecule has 0 unspecified atom stereocenters. The second-order valence-corrected chi connectivity index (χ2v) is 2.81. The predicted octanol–water partition coefficient (Wildman–Crippen LogP) is 0.259. The van der Waals surface area contributed by atoms with E-state index < -0.39 is 16.7 Å². The summed E-state index contributed by atoms with van der Waals surface area (Å²) in [6.45, 7) is 0.0876. The van der Waals surface area contributed by atoms with Gasteiger partial charge in [0.1, 0.15) is 0 Å². The van der Waals surface area contributed by atoms with Gasteiger partial charge in [-0.25, -0.2) is 0 Å². The van der Waals surface area contributed by atoms with E-state index in [1.807, 2.05) is 0 Å². The van der Waals surface area contributed by atoms with Gasteiger partial charge in [-0.15, -0.1) is 0 Å². The van der Waals surface area contributed by atoms with Crippen LogP contribution in [-0.2, 0) is 0 Å². The number of hydrogen-bond donors (Lipinski definition) is 3. The topological polar surface area (TPSA) is 115 Å². The van der Waals surface area contributed by atoms with Gasteiger partial charge in [0.25, 0.3) is 0 Å². The quantitative estimate of drug-likeness (QED) is 0.474. The summed E-state index contributed by atoms with van der Waals surface area (Å²) in [6.07, 6.45) is 0. The van der Waals surface area contributed by atoms with Crippen LogP contribution in [0.15, 0.2) is 18.2 Å². The van der Waals surface area contributed by atoms with Crippen molar-refractivity contribution in [3.63, 3.8) is 0 Å². The van der Waals surface area contributed by atoms with Crippen LogP contribution >= 0.6 is 0 Å². The van der Waals surface area contributed by atoms with Crippen molar-refractivity contribution in [3.8, 4) is 5.75 Å². The van der Waals surface area contributed by atoms with E-state index in [4.69, 9.17) is 11.5 Å². The third kappa shape index (κ3) is 1.81. The number of hydrogen-bond acceptors (Lipinski definition) is 5. The number of para-hydroxylation sites is 1. The lowest BCUT2D eigenvalue weighted by Crippen LogP contribution is -2.21. The molecule has 5 N–H and O–H groups in total. The average molecular weight is 197 g/mol. The largest absolute Gasteiger partial charge is 0.502 e. The zero-order valence-corrected chi connectivity index (χ0v) is 7.38. The fourth-order valence-corrected chi connectivity index (χ4v) is 1.17. The van der Waals surface area contributed by atoms with E-state index >= 15 is 0 Å². The normalized spacial score (nSPS) is 12.4. The SMILES string of the molecule is NC[C@H](N)c1cccc(O)c1[N+](=O)[O-]. The number of phenolic OH excluding ortho intramolecular Hbond substituents is 1. The Morgan fingerprint density at radius 1 is 1.57 bits per heavy atom. The van der Waals surface area contributed by atoms with Crippen molar-refractivity contribution in [1.82, 2.24) is 0 Å². The molecule has 0 bridgehead atoms. The van der Waals surface area contributed by atoms with E-state index in [0.717, 1.165) is 0 Å². The van der Waals surface area contributed by atoms with Crippen molar-refractivity contribution >= 4 is 5.69 Å². The Labute approximate surface area is 80.3 Å². The van der Waals surface area contributed by atoms with Crippen LogP contribution in [0.4, 0.5) is 5.69 Å². The lowest BCUT2D eigenvalue weighted by atomic mass is 10.1. The highest BCUT2D eigenvalue weighted by atomic mass is 16.6. The Balaban J connectivity index is 3.28. The number of aromatic hydroxyl groups is 1. The van der Waals surface area contributed by atoms with Crippen molar-refractivity contribution in [2.24, 2.45) is 11.5 Å². The number of nitro benzene ring substituents is 1. The minimum Gasteiger partial charge on any atom is -0.502 e. The Morgan fingerprint density at radius 2 is 2.21 bits per heavy atom. The summed E-state index contributed by atoms with van der Waals surface area (Å²) in [6, 6.07) is 3.58. The smallest absolute Gasteiger partial charge is 0.315 e. The van der Waals surface area contributed by atoms with Crippen LogP contribution in [0.25, 0.3) is 0 Å². The molecule has 0 saturated carbocycles. The van der Waals surface area contributed by atoms with Crippen molar-refractivity contribution in [2.45, 2.75) is 6.04 Å². The number of rotatable bonds is 3. The summed E-state index contributed by atoms with van der Waals surface area (Å²) >= 11 is 0. The number of benzene rings is 1. The molecule has 6 nitrogen and oxygen atoms in total. The average Bonchev–Trinajstić information content (AvgIpc) is 2.15. The van der Waals surface area contributed by atoms with E-state index in [1.54, 1.807) is 0 Å². The summed E-state index contributed by atoms with van der Waals surface area (Å²) < 4.78 is 0. The highest BCUT2D eigenvalue weighted by Gasteiger charge is 2.22. The van der Waals surface area contributed by atoms with Gasteiger partial charge >= 0.3 is 5.69 Å². The fourth-order valence-electron chi connectivity index (χ4n) is 1.17. The molecule has 0 aliphatic heterocycles. The van der Waals surface area contributed by atoms with Crippen molar-refractivity contribution in [1.29, 1.82) is 0 Å². The highest BCUT2D eigenvalue weighted by Crippen LogP contribution is 2.32. The van der Waals surface area contributed by atoms with Crippen LogP contribution in [-0.4, -0.2) is 16.6 Å². The van der Waals surface area contributed by atoms with Gasteiger partial charge in [0.15, 0.2) is 5.75 Å². The third-order valence-electron chi connectivity index (χ3n) is 1.88. The van der Waals surface area contributed by atoms with E-state index in [2.05, 4.69) is 0 Å². The first kappa shape index (κ1) is 10.4. The van der Waals surface area contributed by atoms with Crippen molar-refractivity contribution in [3.05, 3.63) is 33.9 Å². The van der Waals surface area contributed by atoms with Gasteiger partial charge in [-0.1, -0.05) is 12.1 Å². The van der Waals surface area contributed by atoms with Gasteiger partial charge in [-0.3, -0.25) is 10.1 Å². The summed E-state index contributed by atoms with van der Waals surface area (Å²) in [5.74, 6) is -0.392. The minimum atomic E-state index is -0.666. The molecule has 0 aliphatic rings. The molecule has 0 aliphatic carbocycles. The third-order valence-corrected chi connectivity index (χ3v) is 1.88. The zero-order chi connectivity index (χ0) is 10.7. The van der Waals surface area contributed by atoms with Gasteiger partial charge in [0, 0.05) is 12.6 Å². The second kappa shape index (κ2) is 4.03. The summed E-state index contributed by atoms with van der Waals surface area (Å²) in [4.78, 5) is 9.95. The van der Waals surface area contributed by atoms with E-state index in [0.29, 0.717) is 0 Å². The molecule has 1 rings (SSSR count). The molecule has 0 aromatic heterocycles. The first-order valence-electron chi connectivity index (χ1n) is 3.99. The summed E-state index contributed by atoms with van der Waals surface area (Å²) in [5.41, 5.74) is 10.7. The van der Waals surface area contributed by atoms with Crippen molar-refractivity contribution in [2.75, 3.05) is 6.54 Å². The molecule has 0 fully saturated rings. The minimum absolute atomic E-state index is 0.0876. The Kier molecular flexibility index (Phi) is 3.00. The van der Waals surface area contributed by atoms with Gasteiger partial charge in [0.2, 0.25) is 0 Å². The molecular weight excluding hydrogens is 186 g/mol. The molecule has 6 heteroatoms. The number of nitro groups is 1. The highest BCUT2D eigenvalue weighted by molar-refractivity contribution is 5.53. The molecule has 0 spiro atoms. The molecule has 0 radical (unpaired) electrons. The molecule has 1 atom stereocenters. The number of nitrogens with zero attached hydrogens (tertiary/aromatic N) is 1. The first-order valence-corrected chi connectivity index (χ1v) is 3.99. The Morgan fingerprint density at radius 3 is 2.71 bits per heavy atom. The molecule has 0 amide bonds. The molecular formula is C8H11N3O3. The number of phenols is 1. The van der Waals surface area contributed by atoms with Crippen LogP contribution in [0, 0.1) is 10.1 Å². The van der Waals surface area contributed by atoms with Gasteiger partial charge in [-0.2, -0.15) is 0 Å². The molecule has 0 heterocycles. The maximum atomic E-state index is 10.6. The lowest BCUT2D eigenvalue weighted by molar-refractivity contribution is -0.386. The molecule has 0 saturated heterocycles. The van der Waals surface area contributed by atoms with Crippen LogP contribution in [0.1, 0.15) is 11.6 Å². The standard InChI is InChI=1S/C8H11N3O3/c9-4-6(10)5-2-1-3-7(12)8(5)11(13)14/h1-3,6,12H,4,9-10H2/t6-/m0/s1. The van der Waals surface area contributed by atoms with Crippen LogP contribution in [0.3, 0.4) is 0 Å². The molecule has 76 valence electrons. The van der Waals surface area contributed by atoms with Gasteiger partial charge in [-0.05, 0) is 6.07 Å². The maximum absolute atomic E-state index is 10.6. The van der Waals surface area contributed by atoms with E-state index in [-0.39, 0.29) is 17.8 Å². The predicted molar refractivity (Wildman–Crippen MR) is 50.7 cm³/mol. The van der Waals surface area contributed by atoms with Gasteiger partial charge in [0.05, 0.1) is 10.5 Å². The monoisotopic (exact) mass is 197 g/mol. The Hall–Kier alpha value is -1.66. The van der Waals surface area contributed by atoms with Crippen molar-refractivity contribution < 1.29 is 10.0 Å². The lowest BCUT2D eigenvalue weighted by Gasteiger charge is -2.09. The van der Waals surface area contributed by atoms with Crippen LogP contribution in [0.2, 0.25) is 0 Å². The van der Waals surface area contributed by atoms with Crippen LogP contribution < -0.4 is 11.5 Å². The summed E-state index contributed by atoms with van der Waals surface area (Å²) in [7, 11) is 0. The molecule has 1 aromatic carbocycles. The van der Waals surface area contributed by atoms with E-state index in [9.17, 15) is 15.2 Å². The van der Waals surface area contributed by atoms with E-state index in [1.165, 1.54) is 18.2 Å². The number of nitrogens with two attached hydrogens (primary N) is 2.